The molecule has 78 valence electrons. The number of hydrogen-bond donors (Lipinski definition) is 1. The summed E-state index contributed by atoms with van der Waals surface area (Å²) in [5.41, 5.74) is 1.19. The number of pyridine rings is 1. The molecule has 5 heteroatoms. The average Bonchev–Trinajstić information content (AvgIpc) is 2.24. The molecule has 0 aliphatic heterocycles. The Balaban J connectivity index is 2.89. The molecule has 1 heterocycles. The molecule has 1 N–H and O–H groups in total. The molecule has 0 unspecified atom stereocenters. The Kier molecular flexibility index (Phi) is 4.07. The van der Waals surface area contributed by atoms with Crippen LogP contribution in [-0.2, 0) is 6.42 Å². The van der Waals surface area contributed by atoms with E-state index in [1.807, 2.05) is 13.0 Å². The standard InChI is InChI=1S/C10H10ClN3O/c1-2-8-5-7(6-9(11)14-8)10(15)13-4-3-12/h5-6H,2,4H2,1H3,(H,13,15). The van der Waals surface area contributed by atoms with Crippen molar-refractivity contribution in [3.8, 4) is 6.07 Å². The normalized spacial score (nSPS) is 9.40. The summed E-state index contributed by atoms with van der Waals surface area (Å²) in [6.45, 7) is 1.91. The van der Waals surface area contributed by atoms with E-state index in [2.05, 4.69) is 10.3 Å². The molecule has 0 aliphatic rings. The van der Waals surface area contributed by atoms with Gasteiger partial charge < -0.3 is 5.32 Å². The second-order valence-electron chi connectivity index (χ2n) is 2.86. The van der Waals surface area contributed by atoms with Crippen molar-refractivity contribution in [2.75, 3.05) is 6.54 Å². The first kappa shape index (κ1) is 11.5. The lowest BCUT2D eigenvalue weighted by Gasteiger charge is -2.03. The molecule has 1 rings (SSSR count). The number of nitrogens with zero attached hydrogens (tertiary/aromatic N) is 2. The van der Waals surface area contributed by atoms with Gasteiger partial charge in [0.1, 0.15) is 11.7 Å². The van der Waals surface area contributed by atoms with E-state index >= 15 is 0 Å². The maximum atomic E-state index is 11.5. The van der Waals surface area contributed by atoms with Gasteiger partial charge in [0.25, 0.3) is 5.91 Å². The molecule has 0 spiro atoms. The minimum Gasteiger partial charge on any atom is -0.339 e. The van der Waals surface area contributed by atoms with Crippen LogP contribution in [0.25, 0.3) is 0 Å². The predicted octanol–water partition coefficient (Wildman–Crippen LogP) is 1.55. The average molecular weight is 224 g/mol. The Hall–Kier alpha value is -1.60. The van der Waals surface area contributed by atoms with E-state index < -0.39 is 0 Å². The molecule has 4 nitrogen and oxygen atoms in total. The molecule has 0 aromatic carbocycles. The molecular formula is C10H10ClN3O. The van der Waals surface area contributed by atoms with Crippen molar-refractivity contribution >= 4 is 17.5 Å². The van der Waals surface area contributed by atoms with Gasteiger partial charge in [0.15, 0.2) is 0 Å². The summed E-state index contributed by atoms with van der Waals surface area (Å²) in [4.78, 5) is 15.5. The predicted molar refractivity (Wildman–Crippen MR) is 56.6 cm³/mol. The van der Waals surface area contributed by atoms with E-state index in [0.717, 1.165) is 5.69 Å². The summed E-state index contributed by atoms with van der Waals surface area (Å²) >= 11 is 5.75. The number of carbonyl (C=O) groups excluding carboxylic acids is 1. The van der Waals surface area contributed by atoms with Crippen molar-refractivity contribution in [3.63, 3.8) is 0 Å². The van der Waals surface area contributed by atoms with Crippen molar-refractivity contribution in [2.24, 2.45) is 0 Å². The number of carbonyl (C=O) groups is 1. The summed E-state index contributed by atoms with van der Waals surface area (Å²) in [7, 11) is 0. The number of aryl methyl sites for hydroxylation is 1. The lowest BCUT2D eigenvalue weighted by molar-refractivity contribution is 0.0958. The van der Waals surface area contributed by atoms with E-state index in [1.54, 1.807) is 6.07 Å². The second kappa shape index (κ2) is 5.32. The van der Waals surface area contributed by atoms with Crippen LogP contribution in [0.3, 0.4) is 0 Å². The Morgan fingerprint density at radius 2 is 2.40 bits per heavy atom. The first-order chi connectivity index (χ1) is 7.17. The number of nitriles is 1. The number of rotatable bonds is 3. The fourth-order valence-electron chi connectivity index (χ4n) is 1.09. The van der Waals surface area contributed by atoms with Crippen LogP contribution in [0, 0.1) is 11.3 Å². The van der Waals surface area contributed by atoms with Crippen LogP contribution in [-0.4, -0.2) is 17.4 Å². The summed E-state index contributed by atoms with van der Waals surface area (Å²) in [6.07, 6.45) is 0.707. The summed E-state index contributed by atoms with van der Waals surface area (Å²) < 4.78 is 0. The van der Waals surface area contributed by atoms with E-state index in [9.17, 15) is 4.79 Å². The lowest BCUT2D eigenvalue weighted by atomic mass is 10.2. The highest BCUT2D eigenvalue weighted by Crippen LogP contribution is 2.11. The molecule has 1 aromatic rings. The van der Waals surface area contributed by atoms with Gasteiger partial charge in [0.05, 0.1) is 6.07 Å². The van der Waals surface area contributed by atoms with Crippen molar-refractivity contribution < 1.29 is 4.79 Å². The zero-order valence-corrected chi connectivity index (χ0v) is 9.01. The van der Waals surface area contributed by atoms with Crippen molar-refractivity contribution in [3.05, 3.63) is 28.5 Å². The Bertz CT molecular complexity index is 412. The Labute approximate surface area is 92.9 Å². The molecule has 0 atom stereocenters. The Morgan fingerprint density at radius 3 is 3.00 bits per heavy atom. The second-order valence-corrected chi connectivity index (χ2v) is 3.25. The lowest BCUT2D eigenvalue weighted by Crippen LogP contribution is -2.23. The number of amides is 1. The highest BCUT2D eigenvalue weighted by Gasteiger charge is 2.07. The van der Waals surface area contributed by atoms with Crippen LogP contribution in [0.2, 0.25) is 5.15 Å². The van der Waals surface area contributed by atoms with Gasteiger partial charge in [0, 0.05) is 11.3 Å². The van der Waals surface area contributed by atoms with Crippen molar-refractivity contribution in [1.82, 2.24) is 10.3 Å². The third-order valence-corrected chi connectivity index (χ3v) is 1.99. The van der Waals surface area contributed by atoms with Crippen LogP contribution in [0.4, 0.5) is 0 Å². The minimum absolute atomic E-state index is 0.0137. The number of aromatic nitrogens is 1. The van der Waals surface area contributed by atoms with E-state index in [4.69, 9.17) is 16.9 Å². The van der Waals surface area contributed by atoms with Gasteiger partial charge in [-0.2, -0.15) is 5.26 Å². The first-order valence-corrected chi connectivity index (χ1v) is 4.86. The first-order valence-electron chi connectivity index (χ1n) is 4.49. The van der Waals surface area contributed by atoms with Gasteiger partial charge in [-0.15, -0.1) is 0 Å². The fourth-order valence-corrected chi connectivity index (χ4v) is 1.31. The van der Waals surface area contributed by atoms with Gasteiger partial charge in [-0.05, 0) is 18.6 Å². The largest absolute Gasteiger partial charge is 0.339 e. The van der Waals surface area contributed by atoms with Crippen LogP contribution in [0.15, 0.2) is 12.1 Å². The van der Waals surface area contributed by atoms with Gasteiger partial charge in [-0.25, -0.2) is 4.98 Å². The van der Waals surface area contributed by atoms with E-state index in [1.165, 1.54) is 6.07 Å². The topological polar surface area (TPSA) is 65.8 Å². The van der Waals surface area contributed by atoms with Crippen LogP contribution in [0.5, 0.6) is 0 Å². The van der Waals surface area contributed by atoms with Gasteiger partial charge in [0.2, 0.25) is 0 Å². The highest BCUT2D eigenvalue weighted by molar-refractivity contribution is 6.29. The number of halogens is 1. The molecule has 0 saturated carbocycles. The van der Waals surface area contributed by atoms with Gasteiger partial charge in [-0.1, -0.05) is 18.5 Å². The maximum absolute atomic E-state index is 11.5. The molecule has 0 aliphatic carbocycles. The highest BCUT2D eigenvalue weighted by atomic mass is 35.5. The maximum Gasteiger partial charge on any atom is 0.252 e. The monoisotopic (exact) mass is 223 g/mol. The third kappa shape index (κ3) is 3.22. The molecule has 1 amide bonds. The quantitative estimate of drug-likeness (QED) is 0.625. The molecule has 0 bridgehead atoms. The van der Waals surface area contributed by atoms with E-state index in [0.29, 0.717) is 12.0 Å². The van der Waals surface area contributed by atoms with Crippen molar-refractivity contribution in [2.45, 2.75) is 13.3 Å². The minimum atomic E-state index is -0.310. The number of nitrogens with one attached hydrogen (secondary N) is 1. The molecule has 0 radical (unpaired) electrons. The van der Waals surface area contributed by atoms with Gasteiger partial charge in [-0.3, -0.25) is 4.79 Å². The van der Waals surface area contributed by atoms with Crippen LogP contribution >= 0.6 is 11.6 Å². The summed E-state index contributed by atoms with van der Waals surface area (Å²) in [6, 6.07) is 4.98. The molecule has 1 aromatic heterocycles. The van der Waals surface area contributed by atoms with Gasteiger partial charge >= 0.3 is 0 Å². The zero-order chi connectivity index (χ0) is 11.3. The number of hydrogen-bond acceptors (Lipinski definition) is 3. The molecule has 0 fully saturated rings. The van der Waals surface area contributed by atoms with Crippen LogP contribution in [0.1, 0.15) is 23.0 Å². The van der Waals surface area contributed by atoms with E-state index in [-0.39, 0.29) is 17.6 Å². The fraction of sp³-hybridized carbons (Fsp3) is 0.300. The Morgan fingerprint density at radius 1 is 1.67 bits per heavy atom. The van der Waals surface area contributed by atoms with Crippen LogP contribution < -0.4 is 5.32 Å². The molecule has 15 heavy (non-hydrogen) atoms. The molecular weight excluding hydrogens is 214 g/mol. The smallest absolute Gasteiger partial charge is 0.252 e. The SMILES string of the molecule is CCc1cc(C(=O)NCC#N)cc(Cl)n1. The van der Waals surface area contributed by atoms with Crippen molar-refractivity contribution in [1.29, 1.82) is 5.26 Å². The zero-order valence-electron chi connectivity index (χ0n) is 8.25. The third-order valence-electron chi connectivity index (χ3n) is 1.80. The summed E-state index contributed by atoms with van der Waals surface area (Å²) in [5.74, 6) is -0.310. The molecule has 0 saturated heterocycles. The summed E-state index contributed by atoms with van der Waals surface area (Å²) in [5, 5.41) is 11.0.